The van der Waals surface area contributed by atoms with E-state index in [0.717, 1.165) is 33.8 Å². The van der Waals surface area contributed by atoms with Crippen molar-refractivity contribution in [1.82, 2.24) is 0 Å². The van der Waals surface area contributed by atoms with Crippen LogP contribution < -0.4 is 10.5 Å². The first-order chi connectivity index (χ1) is 11.6. The Morgan fingerprint density at radius 1 is 1.17 bits per heavy atom. The number of thioether (sulfide) groups is 1. The topological polar surface area (TPSA) is 107 Å². The standard InChI is InChI=1S/C18H14N4OS/c1-23-15-7-6-12(10-4-2-3-5-11(10)15)16-13(8-19)17(21)24-18(22)14(16)9-20/h2-7,13,16,21H,22H2,1H3/t13-,16+/m0/s1. The summed E-state index contributed by atoms with van der Waals surface area (Å²) in [5.74, 6) is -0.558. The number of fused-ring (bicyclic) bond motifs is 1. The van der Waals surface area contributed by atoms with Gasteiger partial charge in [-0.3, -0.25) is 5.41 Å². The van der Waals surface area contributed by atoms with Crippen LogP contribution in [-0.4, -0.2) is 12.2 Å². The molecule has 118 valence electrons. The van der Waals surface area contributed by atoms with Crippen LogP contribution in [0.15, 0.2) is 47.0 Å². The molecule has 0 fully saturated rings. The molecule has 0 bridgehead atoms. The van der Waals surface area contributed by atoms with Crippen molar-refractivity contribution < 1.29 is 4.74 Å². The molecule has 2 aromatic carbocycles. The van der Waals surface area contributed by atoms with Crippen molar-refractivity contribution in [3.8, 4) is 17.9 Å². The highest BCUT2D eigenvalue weighted by molar-refractivity contribution is 8.17. The highest BCUT2D eigenvalue weighted by Crippen LogP contribution is 2.45. The minimum Gasteiger partial charge on any atom is -0.496 e. The van der Waals surface area contributed by atoms with Gasteiger partial charge < -0.3 is 10.5 Å². The number of allylic oxidation sites excluding steroid dienone is 1. The number of nitrogens with zero attached hydrogens (tertiary/aromatic N) is 2. The lowest BCUT2D eigenvalue weighted by Gasteiger charge is -2.29. The van der Waals surface area contributed by atoms with Gasteiger partial charge in [-0.05, 0) is 17.0 Å². The van der Waals surface area contributed by atoms with Crippen LogP contribution in [0.2, 0.25) is 0 Å². The van der Waals surface area contributed by atoms with Crippen molar-refractivity contribution in [2.75, 3.05) is 7.11 Å². The quantitative estimate of drug-likeness (QED) is 0.874. The van der Waals surface area contributed by atoms with E-state index in [1.54, 1.807) is 7.11 Å². The summed E-state index contributed by atoms with van der Waals surface area (Å²) in [6.45, 7) is 0. The van der Waals surface area contributed by atoms with E-state index < -0.39 is 11.8 Å². The lowest BCUT2D eigenvalue weighted by atomic mass is 9.79. The van der Waals surface area contributed by atoms with Crippen LogP contribution in [-0.2, 0) is 0 Å². The first-order valence-electron chi connectivity index (χ1n) is 7.23. The summed E-state index contributed by atoms with van der Waals surface area (Å²) < 4.78 is 5.41. The fraction of sp³-hybridized carbons (Fsp3) is 0.167. The van der Waals surface area contributed by atoms with Crippen molar-refractivity contribution in [2.24, 2.45) is 11.7 Å². The third-order valence-electron chi connectivity index (χ3n) is 4.14. The molecule has 0 saturated carbocycles. The molecular formula is C18H14N4OS. The molecule has 6 heteroatoms. The van der Waals surface area contributed by atoms with Gasteiger partial charge in [-0.25, -0.2) is 0 Å². The summed E-state index contributed by atoms with van der Waals surface area (Å²) in [6, 6.07) is 15.6. The zero-order valence-electron chi connectivity index (χ0n) is 12.9. The molecule has 0 radical (unpaired) electrons. The predicted octanol–water partition coefficient (Wildman–Crippen LogP) is 3.49. The molecule has 1 heterocycles. The summed E-state index contributed by atoms with van der Waals surface area (Å²) >= 11 is 0.989. The normalized spacial score (nSPS) is 20.5. The van der Waals surface area contributed by atoms with Crippen LogP contribution >= 0.6 is 11.8 Å². The Kier molecular flexibility index (Phi) is 4.16. The zero-order chi connectivity index (χ0) is 17.3. The smallest absolute Gasteiger partial charge is 0.126 e. The van der Waals surface area contributed by atoms with Gasteiger partial charge in [0.15, 0.2) is 0 Å². The second-order valence-corrected chi connectivity index (χ2v) is 6.43. The maximum Gasteiger partial charge on any atom is 0.126 e. The average molecular weight is 334 g/mol. The van der Waals surface area contributed by atoms with Crippen LogP contribution in [0.5, 0.6) is 5.75 Å². The van der Waals surface area contributed by atoms with E-state index >= 15 is 0 Å². The first-order valence-corrected chi connectivity index (χ1v) is 8.05. The second kappa shape index (κ2) is 6.27. The molecule has 0 amide bonds. The summed E-state index contributed by atoms with van der Waals surface area (Å²) in [5.41, 5.74) is 7.12. The van der Waals surface area contributed by atoms with E-state index in [9.17, 15) is 10.5 Å². The SMILES string of the molecule is COc1ccc([C@H]2C(C#N)=C(N)SC(=N)[C@H]2C#N)c2ccccc12. The van der Waals surface area contributed by atoms with Crippen molar-refractivity contribution in [1.29, 1.82) is 15.9 Å². The Labute approximate surface area is 143 Å². The van der Waals surface area contributed by atoms with Gasteiger partial charge in [0.25, 0.3) is 0 Å². The van der Waals surface area contributed by atoms with Crippen LogP contribution in [0, 0.1) is 34.0 Å². The van der Waals surface area contributed by atoms with Crippen LogP contribution in [0.1, 0.15) is 11.5 Å². The third kappa shape index (κ3) is 2.38. The first kappa shape index (κ1) is 15.9. The van der Waals surface area contributed by atoms with Gasteiger partial charge in [0, 0.05) is 11.3 Å². The summed E-state index contributed by atoms with van der Waals surface area (Å²) in [5, 5.41) is 29.5. The van der Waals surface area contributed by atoms with Gasteiger partial charge in [-0.2, -0.15) is 10.5 Å². The Balaban J connectivity index is 2.33. The van der Waals surface area contributed by atoms with Crippen molar-refractivity contribution >= 4 is 27.6 Å². The molecule has 0 spiro atoms. The van der Waals surface area contributed by atoms with Crippen molar-refractivity contribution in [3.05, 3.63) is 52.6 Å². The van der Waals surface area contributed by atoms with Crippen molar-refractivity contribution in [2.45, 2.75) is 5.92 Å². The molecule has 0 aromatic heterocycles. The van der Waals surface area contributed by atoms with Gasteiger partial charge in [0.1, 0.15) is 11.7 Å². The maximum absolute atomic E-state index is 9.56. The number of hydrogen-bond donors (Lipinski definition) is 2. The van der Waals surface area contributed by atoms with Gasteiger partial charge in [-0.15, -0.1) is 0 Å². The fourth-order valence-electron chi connectivity index (χ4n) is 3.05. The Bertz CT molecular complexity index is 952. The van der Waals surface area contributed by atoms with Gasteiger partial charge in [-0.1, -0.05) is 42.1 Å². The van der Waals surface area contributed by atoms with Gasteiger partial charge >= 0.3 is 0 Å². The fourth-order valence-corrected chi connectivity index (χ4v) is 3.88. The largest absolute Gasteiger partial charge is 0.496 e. The van der Waals surface area contributed by atoms with E-state index in [0.29, 0.717) is 10.6 Å². The molecule has 2 atom stereocenters. The predicted molar refractivity (Wildman–Crippen MR) is 94.5 cm³/mol. The Hall–Kier alpha value is -2.96. The van der Waals surface area contributed by atoms with Gasteiger partial charge in [0.05, 0.1) is 34.9 Å². The minimum atomic E-state index is -0.728. The molecule has 0 aliphatic carbocycles. The highest BCUT2D eigenvalue weighted by Gasteiger charge is 2.38. The molecule has 3 N–H and O–H groups in total. The number of hydrogen-bond acceptors (Lipinski definition) is 6. The summed E-state index contributed by atoms with van der Waals surface area (Å²) in [4.78, 5) is 0. The molecule has 0 unspecified atom stereocenters. The number of methoxy groups -OCH3 is 1. The van der Waals surface area contributed by atoms with Crippen LogP contribution in [0.25, 0.3) is 10.8 Å². The average Bonchev–Trinajstić information content (AvgIpc) is 2.60. The molecular weight excluding hydrogens is 320 g/mol. The molecule has 3 rings (SSSR count). The monoisotopic (exact) mass is 334 g/mol. The highest BCUT2D eigenvalue weighted by atomic mass is 32.2. The maximum atomic E-state index is 9.56. The van der Waals surface area contributed by atoms with Crippen LogP contribution in [0.3, 0.4) is 0 Å². The lowest BCUT2D eigenvalue weighted by Crippen LogP contribution is -2.27. The molecule has 5 nitrogen and oxygen atoms in total. The Morgan fingerprint density at radius 2 is 1.88 bits per heavy atom. The number of nitriles is 2. The lowest BCUT2D eigenvalue weighted by molar-refractivity contribution is 0.419. The van der Waals surface area contributed by atoms with E-state index in [4.69, 9.17) is 15.9 Å². The molecule has 0 saturated heterocycles. The minimum absolute atomic E-state index is 0.166. The summed E-state index contributed by atoms with van der Waals surface area (Å²) in [7, 11) is 1.60. The summed E-state index contributed by atoms with van der Waals surface area (Å²) in [6.07, 6.45) is 0. The molecule has 2 aromatic rings. The van der Waals surface area contributed by atoms with E-state index in [1.807, 2.05) is 36.4 Å². The number of nitrogens with two attached hydrogens (primary N) is 1. The molecule has 1 aliphatic rings. The van der Waals surface area contributed by atoms with E-state index in [2.05, 4.69) is 12.1 Å². The van der Waals surface area contributed by atoms with E-state index in [1.165, 1.54) is 0 Å². The van der Waals surface area contributed by atoms with Crippen molar-refractivity contribution in [3.63, 3.8) is 0 Å². The zero-order valence-corrected chi connectivity index (χ0v) is 13.7. The van der Waals surface area contributed by atoms with Gasteiger partial charge in [0.2, 0.25) is 0 Å². The van der Waals surface area contributed by atoms with E-state index in [-0.39, 0.29) is 5.04 Å². The number of benzene rings is 2. The Morgan fingerprint density at radius 3 is 2.50 bits per heavy atom. The third-order valence-corrected chi connectivity index (χ3v) is 5.06. The van der Waals surface area contributed by atoms with Crippen LogP contribution in [0.4, 0.5) is 0 Å². The number of rotatable bonds is 2. The number of ether oxygens (including phenoxy) is 1. The second-order valence-electron chi connectivity index (χ2n) is 5.34. The molecule has 24 heavy (non-hydrogen) atoms. The number of nitrogens with one attached hydrogen (secondary N) is 1. The molecule has 1 aliphatic heterocycles.